The van der Waals surface area contributed by atoms with Gasteiger partial charge in [0.15, 0.2) is 5.11 Å². The van der Waals surface area contributed by atoms with Crippen molar-refractivity contribution in [3.63, 3.8) is 0 Å². The Morgan fingerprint density at radius 3 is 2.74 bits per heavy atom. The zero-order valence-corrected chi connectivity index (χ0v) is 23.9. The van der Waals surface area contributed by atoms with Gasteiger partial charge in [0.2, 0.25) is 5.91 Å². The van der Waals surface area contributed by atoms with Gasteiger partial charge >= 0.3 is 5.97 Å². The fraction of sp³-hybridized carbons (Fsp3) is 0.615. The van der Waals surface area contributed by atoms with Gasteiger partial charge in [0.1, 0.15) is 11.7 Å². The zero-order valence-electron chi connectivity index (χ0n) is 22.2. The van der Waals surface area contributed by atoms with Crippen LogP contribution in [-0.4, -0.2) is 90.5 Å². The van der Waals surface area contributed by atoms with E-state index < -0.39 is 11.9 Å². The summed E-state index contributed by atoms with van der Waals surface area (Å²) < 4.78 is 15.9. The Bertz CT molecular complexity index is 1010. The molecule has 12 heteroatoms. The molecule has 208 valence electrons. The van der Waals surface area contributed by atoms with E-state index in [0.29, 0.717) is 56.4 Å². The number of carbonyl (C=O) groups is 2. The zero-order chi connectivity index (χ0) is 27.5. The van der Waals surface area contributed by atoms with Gasteiger partial charge in [0, 0.05) is 31.9 Å². The van der Waals surface area contributed by atoms with Gasteiger partial charge < -0.3 is 34.6 Å². The van der Waals surface area contributed by atoms with Crippen molar-refractivity contribution in [2.24, 2.45) is 5.92 Å². The van der Waals surface area contributed by atoms with Crippen LogP contribution in [0.3, 0.4) is 0 Å². The molecule has 2 saturated heterocycles. The van der Waals surface area contributed by atoms with Crippen LogP contribution in [0.5, 0.6) is 5.75 Å². The van der Waals surface area contributed by atoms with Gasteiger partial charge in [0.05, 0.1) is 49.3 Å². The Morgan fingerprint density at radius 1 is 1.32 bits per heavy atom. The van der Waals surface area contributed by atoms with E-state index in [-0.39, 0.29) is 23.1 Å². The number of benzene rings is 1. The van der Waals surface area contributed by atoms with Crippen molar-refractivity contribution < 1.29 is 23.8 Å². The lowest BCUT2D eigenvalue weighted by Crippen LogP contribution is -2.42. The predicted octanol–water partition coefficient (Wildman–Crippen LogP) is 3.30. The molecule has 38 heavy (non-hydrogen) atoms. The van der Waals surface area contributed by atoms with Crippen molar-refractivity contribution in [3.05, 3.63) is 18.2 Å². The summed E-state index contributed by atoms with van der Waals surface area (Å²) in [5.74, 6) is -0.513. The standard InChI is InChI=1S/C26H37N5O5S2/c1-4-31-23(9-6-18(17-27)25(33)36-5-2)38-22(24(31)32)10-11-28-19-7-8-21(34-3)20(16-19)29-26(37)30-12-14-35-15-13-30/h7-8,16,18,22-23,28H,4-6,9-15H2,1-3H3,(H,29,37). The van der Waals surface area contributed by atoms with Crippen molar-refractivity contribution in [3.8, 4) is 11.8 Å². The number of nitrogens with zero attached hydrogens (tertiary/aromatic N) is 3. The molecule has 3 unspecified atom stereocenters. The molecule has 0 aromatic heterocycles. The number of hydrogen-bond donors (Lipinski definition) is 2. The first-order valence-corrected chi connectivity index (χ1v) is 14.3. The molecule has 2 aliphatic rings. The molecule has 0 radical (unpaired) electrons. The molecule has 2 N–H and O–H groups in total. The van der Waals surface area contributed by atoms with Crippen molar-refractivity contribution in [1.82, 2.24) is 9.80 Å². The third-order valence-corrected chi connectivity index (χ3v) is 8.40. The third kappa shape index (κ3) is 7.88. The van der Waals surface area contributed by atoms with Gasteiger partial charge in [-0.15, -0.1) is 11.8 Å². The summed E-state index contributed by atoms with van der Waals surface area (Å²) in [6.07, 6.45) is 1.59. The van der Waals surface area contributed by atoms with Crippen LogP contribution >= 0.6 is 24.0 Å². The van der Waals surface area contributed by atoms with Gasteiger partial charge in [-0.25, -0.2) is 0 Å². The monoisotopic (exact) mass is 563 g/mol. The Morgan fingerprint density at radius 2 is 2.08 bits per heavy atom. The maximum atomic E-state index is 13.0. The predicted molar refractivity (Wildman–Crippen MR) is 152 cm³/mol. The molecule has 1 aromatic carbocycles. The number of nitriles is 1. The van der Waals surface area contributed by atoms with Crippen LogP contribution in [-0.2, 0) is 19.1 Å². The van der Waals surface area contributed by atoms with Crippen molar-refractivity contribution in [2.45, 2.75) is 43.7 Å². The van der Waals surface area contributed by atoms with Crippen LogP contribution in [0.1, 0.15) is 33.1 Å². The quantitative estimate of drug-likeness (QED) is 0.288. The number of rotatable bonds is 12. The fourth-order valence-corrected chi connectivity index (χ4v) is 6.28. The van der Waals surface area contributed by atoms with E-state index in [2.05, 4.69) is 15.5 Å². The Kier molecular flexibility index (Phi) is 11.8. The Balaban J connectivity index is 1.54. The SMILES string of the molecule is CCOC(=O)C(C#N)CCC1SC(CCNc2ccc(OC)c(NC(=S)N3CCOCC3)c2)C(=O)N1CC. The first kappa shape index (κ1) is 29.8. The van der Waals surface area contributed by atoms with Crippen molar-refractivity contribution in [1.29, 1.82) is 5.26 Å². The van der Waals surface area contributed by atoms with Crippen LogP contribution in [0.15, 0.2) is 18.2 Å². The molecule has 0 saturated carbocycles. The highest BCUT2D eigenvalue weighted by Crippen LogP contribution is 2.37. The highest BCUT2D eigenvalue weighted by atomic mass is 32.2. The molecule has 2 fully saturated rings. The number of amides is 1. The minimum Gasteiger partial charge on any atom is -0.495 e. The minimum absolute atomic E-state index is 0.0548. The minimum atomic E-state index is -0.806. The summed E-state index contributed by atoms with van der Waals surface area (Å²) in [6, 6.07) is 7.80. The fourth-order valence-electron chi connectivity index (χ4n) is 4.43. The number of thioether (sulfide) groups is 1. The Hall–Kier alpha value is -2.75. The summed E-state index contributed by atoms with van der Waals surface area (Å²) in [7, 11) is 1.62. The average molecular weight is 564 g/mol. The van der Waals surface area contributed by atoms with Gasteiger partial charge in [0.25, 0.3) is 0 Å². The summed E-state index contributed by atoms with van der Waals surface area (Å²) in [5, 5.41) is 16.4. The van der Waals surface area contributed by atoms with E-state index in [9.17, 15) is 14.9 Å². The lowest BCUT2D eigenvalue weighted by atomic mass is 10.0. The lowest BCUT2D eigenvalue weighted by molar-refractivity contribution is -0.146. The van der Waals surface area contributed by atoms with Gasteiger partial charge in [-0.2, -0.15) is 5.26 Å². The van der Waals surface area contributed by atoms with E-state index in [1.165, 1.54) is 0 Å². The van der Waals surface area contributed by atoms with Gasteiger partial charge in [-0.1, -0.05) is 0 Å². The molecule has 0 spiro atoms. The number of methoxy groups -OCH3 is 1. The summed E-state index contributed by atoms with van der Waals surface area (Å²) in [6.45, 7) is 7.91. The van der Waals surface area contributed by atoms with Crippen molar-refractivity contribution in [2.75, 3.05) is 63.7 Å². The normalized spacial score (nSPS) is 20.0. The van der Waals surface area contributed by atoms with Gasteiger partial charge in [-0.05, 0) is 63.5 Å². The van der Waals surface area contributed by atoms with Crippen LogP contribution in [0.4, 0.5) is 11.4 Å². The third-order valence-electron chi connectivity index (χ3n) is 6.47. The second-order valence-corrected chi connectivity index (χ2v) is 10.6. The van der Waals surface area contributed by atoms with E-state index in [0.717, 1.165) is 24.5 Å². The molecular formula is C26H37N5O5S2. The number of hydrogen-bond acceptors (Lipinski definition) is 9. The number of thiocarbonyl (C=S) groups is 1. The molecule has 1 aromatic rings. The molecule has 2 aliphatic heterocycles. The van der Waals surface area contributed by atoms with Crippen LogP contribution in [0.25, 0.3) is 0 Å². The molecule has 0 aliphatic carbocycles. The van der Waals surface area contributed by atoms with E-state index in [4.69, 9.17) is 26.4 Å². The summed E-state index contributed by atoms with van der Waals surface area (Å²) in [4.78, 5) is 28.9. The summed E-state index contributed by atoms with van der Waals surface area (Å²) >= 11 is 7.19. The van der Waals surface area contributed by atoms with Crippen LogP contribution in [0.2, 0.25) is 0 Å². The second kappa shape index (κ2) is 15.0. The number of ether oxygens (including phenoxy) is 3. The maximum absolute atomic E-state index is 13.0. The molecule has 2 heterocycles. The molecule has 3 rings (SSSR count). The first-order valence-electron chi connectivity index (χ1n) is 13.0. The average Bonchev–Trinajstić information content (AvgIpc) is 3.23. The smallest absolute Gasteiger partial charge is 0.323 e. The highest BCUT2D eigenvalue weighted by molar-refractivity contribution is 8.01. The van der Waals surface area contributed by atoms with Gasteiger partial charge in [-0.3, -0.25) is 9.59 Å². The molecule has 3 atom stereocenters. The molecule has 10 nitrogen and oxygen atoms in total. The lowest BCUT2D eigenvalue weighted by Gasteiger charge is -2.29. The van der Waals surface area contributed by atoms with E-state index in [1.807, 2.05) is 36.1 Å². The highest BCUT2D eigenvalue weighted by Gasteiger charge is 2.39. The topological polar surface area (TPSA) is 116 Å². The summed E-state index contributed by atoms with van der Waals surface area (Å²) in [5.41, 5.74) is 1.66. The second-order valence-electron chi connectivity index (χ2n) is 8.87. The number of morpholine rings is 1. The first-order chi connectivity index (χ1) is 18.4. The van der Waals surface area contributed by atoms with Crippen molar-refractivity contribution >= 4 is 52.3 Å². The number of nitrogens with one attached hydrogen (secondary N) is 2. The van der Waals surface area contributed by atoms with Crippen LogP contribution < -0.4 is 15.4 Å². The van der Waals surface area contributed by atoms with E-state index >= 15 is 0 Å². The molecule has 1 amide bonds. The maximum Gasteiger partial charge on any atom is 0.323 e. The Labute approximate surface area is 234 Å². The van der Waals surface area contributed by atoms with E-state index in [1.54, 1.807) is 25.8 Å². The molecular weight excluding hydrogens is 526 g/mol. The number of carbonyl (C=O) groups excluding carboxylic acids is 2. The van der Waals surface area contributed by atoms with Crippen LogP contribution in [0, 0.1) is 17.2 Å². The number of esters is 1. The molecule has 0 bridgehead atoms. The largest absolute Gasteiger partial charge is 0.495 e. The number of anilines is 2.